The molecule has 2 aliphatic heterocycles. The maximum atomic E-state index is 11.5. The number of fused-ring (bicyclic) bond motifs is 1. The van der Waals surface area contributed by atoms with Crippen LogP contribution in [0.1, 0.15) is 24.5 Å². The number of aliphatic hydroxyl groups is 1. The van der Waals surface area contributed by atoms with Gasteiger partial charge < -0.3 is 15.3 Å². The highest BCUT2D eigenvalue weighted by Gasteiger charge is 2.32. The molecule has 1 aromatic carbocycles. The van der Waals surface area contributed by atoms with Crippen LogP contribution in [0.4, 0.5) is 11.4 Å². The smallest absolute Gasteiger partial charge is 0.257 e. The molecule has 20 heavy (non-hydrogen) atoms. The number of hydrogen-bond donors (Lipinski definition) is 2. The number of carbonyl (C=O) groups is 1. The number of nitrogens with zero attached hydrogens (tertiary/aromatic N) is 2. The van der Waals surface area contributed by atoms with Gasteiger partial charge in [-0.15, -0.1) is 0 Å². The summed E-state index contributed by atoms with van der Waals surface area (Å²) in [7, 11) is 0. The van der Waals surface area contributed by atoms with E-state index in [2.05, 4.69) is 15.1 Å². The minimum atomic E-state index is -1.01. The van der Waals surface area contributed by atoms with Gasteiger partial charge in [0.25, 0.3) is 5.91 Å². The van der Waals surface area contributed by atoms with Crippen LogP contribution in [0, 0.1) is 0 Å². The van der Waals surface area contributed by atoms with Crippen LogP contribution in [0.2, 0.25) is 0 Å². The Morgan fingerprint density at radius 2 is 1.90 bits per heavy atom. The van der Waals surface area contributed by atoms with Crippen molar-refractivity contribution < 1.29 is 9.90 Å². The summed E-state index contributed by atoms with van der Waals surface area (Å²) >= 11 is 0. The van der Waals surface area contributed by atoms with Crippen molar-refractivity contribution in [1.29, 1.82) is 0 Å². The second-order valence-electron chi connectivity index (χ2n) is 5.92. The maximum absolute atomic E-state index is 11.5. The normalized spacial score (nSPS) is 26.6. The van der Waals surface area contributed by atoms with Crippen molar-refractivity contribution in [2.45, 2.75) is 25.0 Å². The van der Waals surface area contributed by atoms with Crippen molar-refractivity contribution >= 4 is 17.3 Å². The number of hydrogen-bond acceptors (Lipinski definition) is 4. The van der Waals surface area contributed by atoms with Crippen molar-refractivity contribution in [2.75, 3.05) is 36.4 Å². The summed E-state index contributed by atoms with van der Waals surface area (Å²) in [5.41, 5.74) is 2.58. The lowest BCUT2D eigenvalue weighted by Crippen LogP contribution is -2.47. The van der Waals surface area contributed by atoms with E-state index in [-0.39, 0.29) is 5.91 Å². The molecule has 1 saturated carbocycles. The average molecular weight is 273 g/mol. The minimum Gasteiger partial charge on any atom is -0.378 e. The summed E-state index contributed by atoms with van der Waals surface area (Å²) in [5.74, 6) is -0.323. The lowest BCUT2D eigenvalue weighted by atomic mass is 10.1. The molecular formula is C15H19N3O2. The van der Waals surface area contributed by atoms with E-state index in [0.717, 1.165) is 43.6 Å². The third-order valence-electron chi connectivity index (χ3n) is 4.58. The fraction of sp³-hybridized carbons (Fsp3) is 0.533. The van der Waals surface area contributed by atoms with Crippen LogP contribution in [0.5, 0.6) is 0 Å². The zero-order chi connectivity index (χ0) is 13.7. The molecular weight excluding hydrogens is 254 g/mol. The van der Waals surface area contributed by atoms with Gasteiger partial charge in [-0.3, -0.25) is 9.69 Å². The number of anilines is 2. The number of amides is 1. The van der Waals surface area contributed by atoms with Crippen LogP contribution in [0.25, 0.3) is 0 Å². The van der Waals surface area contributed by atoms with Gasteiger partial charge in [0, 0.05) is 49.2 Å². The summed E-state index contributed by atoms with van der Waals surface area (Å²) in [5, 5.41) is 12.5. The van der Waals surface area contributed by atoms with Crippen molar-refractivity contribution in [3.8, 4) is 0 Å². The van der Waals surface area contributed by atoms with Gasteiger partial charge in [0.2, 0.25) is 0 Å². The van der Waals surface area contributed by atoms with E-state index in [9.17, 15) is 9.90 Å². The monoisotopic (exact) mass is 273 g/mol. The first-order valence-electron chi connectivity index (χ1n) is 7.34. The van der Waals surface area contributed by atoms with Crippen molar-refractivity contribution in [3.63, 3.8) is 0 Å². The Morgan fingerprint density at radius 1 is 1.15 bits per heavy atom. The van der Waals surface area contributed by atoms with Crippen LogP contribution in [-0.2, 0) is 4.79 Å². The molecule has 1 unspecified atom stereocenters. The fourth-order valence-corrected chi connectivity index (χ4v) is 3.21. The molecule has 5 heteroatoms. The lowest BCUT2D eigenvalue weighted by Gasteiger charge is -2.36. The Labute approximate surface area is 118 Å². The van der Waals surface area contributed by atoms with Crippen molar-refractivity contribution in [3.05, 3.63) is 23.8 Å². The summed E-state index contributed by atoms with van der Waals surface area (Å²) in [6.07, 6.45) is 1.72. The van der Waals surface area contributed by atoms with Crippen molar-refractivity contribution in [1.82, 2.24) is 4.90 Å². The van der Waals surface area contributed by atoms with Crippen LogP contribution in [-0.4, -0.2) is 48.1 Å². The van der Waals surface area contributed by atoms with E-state index in [1.807, 2.05) is 18.2 Å². The first kappa shape index (κ1) is 12.2. The van der Waals surface area contributed by atoms with E-state index >= 15 is 0 Å². The first-order valence-corrected chi connectivity index (χ1v) is 7.34. The summed E-state index contributed by atoms with van der Waals surface area (Å²) < 4.78 is 0. The first-order chi connectivity index (χ1) is 9.72. The molecule has 3 aliphatic rings. The Kier molecular flexibility index (Phi) is 2.72. The van der Waals surface area contributed by atoms with Gasteiger partial charge in [-0.2, -0.15) is 0 Å². The van der Waals surface area contributed by atoms with E-state index in [0.29, 0.717) is 5.56 Å². The molecule has 1 aromatic rings. The lowest BCUT2D eigenvalue weighted by molar-refractivity contribution is -0.123. The van der Waals surface area contributed by atoms with Crippen LogP contribution in [0.3, 0.4) is 0 Å². The second kappa shape index (κ2) is 4.46. The largest absolute Gasteiger partial charge is 0.378 e. The molecule has 4 rings (SSSR count). The van der Waals surface area contributed by atoms with Gasteiger partial charge in [0.05, 0.1) is 0 Å². The van der Waals surface area contributed by atoms with E-state index in [1.54, 1.807) is 0 Å². The number of benzene rings is 1. The third-order valence-corrected chi connectivity index (χ3v) is 4.58. The third kappa shape index (κ3) is 1.98. The molecule has 1 amide bonds. The molecule has 0 radical (unpaired) electrons. The highest BCUT2D eigenvalue weighted by molar-refractivity contribution is 6.02. The molecule has 2 heterocycles. The predicted molar refractivity (Wildman–Crippen MR) is 76.8 cm³/mol. The molecule has 0 spiro atoms. The molecule has 2 N–H and O–H groups in total. The van der Waals surface area contributed by atoms with Gasteiger partial charge in [-0.25, -0.2) is 0 Å². The topological polar surface area (TPSA) is 55.8 Å². The van der Waals surface area contributed by atoms with E-state index in [4.69, 9.17) is 0 Å². The van der Waals surface area contributed by atoms with Crippen LogP contribution < -0.4 is 10.2 Å². The number of carbonyl (C=O) groups excluding carboxylic acids is 1. The Bertz CT molecular complexity index is 548. The van der Waals surface area contributed by atoms with Crippen LogP contribution in [0.15, 0.2) is 18.2 Å². The molecule has 0 aromatic heterocycles. The van der Waals surface area contributed by atoms with Crippen molar-refractivity contribution in [2.24, 2.45) is 0 Å². The van der Waals surface area contributed by atoms with Gasteiger partial charge in [-0.1, -0.05) is 6.07 Å². The molecule has 0 bridgehead atoms. The summed E-state index contributed by atoms with van der Waals surface area (Å²) in [6.45, 7) is 4.31. The number of aliphatic hydroxyl groups excluding tert-OH is 1. The molecule has 106 valence electrons. The fourth-order valence-electron chi connectivity index (χ4n) is 3.21. The summed E-state index contributed by atoms with van der Waals surface area (Å²) in [6, 6.07) is 6.69. The predicted octanol–water partition coefficient (Wildman–Crippen LogP) is 0.956. The van der Waals surface area contributed by atoms with E-state index in [1.165, 1.54) is 12.8 Å². The molecule has 1 atom stereocenters. The Hall–Kier alpha value is -1.59. The summed E-state index contributed by atoms with van der Waals surface area (Å²) in [4.78, 5) is 16.4. The van der Waals surface area contributed by atoms with Gasteiger partial charge >= 0.3 is 0 Å². The molecule has 2 fully saturated rings. The van der Waals surface area contributed by atoms with Crippen LogP contribution >= 0.6 is 0 Å². The van der Waals surface area contributed by atoms with Gasteiger partial charge in [0.15, 0.2) is 6.10 Å². The minimum absolute atomic E-state index is 0.323. The highest BCUT2D eigenvalue weighted by atomic mass is 16.3. The Balaban J connectivity index is 1.50. The SMILES string of the molecule is O=C1Nc2cc(N3CCN(C4CC4)CC3)ccc2C1O. The average Bonchev–Trinajstić information content (AvgIpc) is 3.27. The second-order valence-corrected chi connectivity index (χ2v) is 5.92. The zero-order valence-corrected chi connectivity index (χ0v) is 11.4. The molecule has 1 saturated heterocycles. The maximum Gasteiger partial charge on any atom is 0.257 e. The quantitative estimate of drug-likeness (QED) is 0.842. The van der Waals surface area contributed by atoms with Gasteiger partial charge in [-0.05, 0) is 25.0 Å². The molecule has 1 aliphatic carbocycles. The molecule has 5 nitrogen and oxygen atoms in total. The number of rotatable bonds is 2. The zero-order valence-electron chi connectivity index (χ0n) is 11.4. The van der Waals surface area contributed by atoms with Gasteiger partial charge in [0.1, 0.15) is 0 Å². The van der Waals surface area contributed by atoms with E-state index < -0.39 is 6.10 Å². The number of piperazine rings is 1. The highest BCUT2D eigenvalue weighted by Crippen LogP contribution is 2.34. The number of nitrogens with one attached hydrogen (secondary N) is 1. The Morgan fingerprint density at radius 3 is 2.60 bits per heavy atom. The standard InChI is InChI=1S/C15H19N3O2/c19-14-12-4-3-11(9-13(12)16-15(14)20)18-7-5-17(6-8-18)10-1-2-10/h3-4,9-10,14,19H,1-2,5-8H2,(H,16,20).